The van der Waals surface area contributed by atoms with Crippen LogP contribution in [0.3, 0.4) is 0 Å². The number of nitrogens with one attached hydrogen (secondary N) is 1. The molecule has 0 amide bonds. The quantitative estimate of drug-likeness (QED) is 0.511. The largest absolute Gasteiger partial charge is 0.355 e. The molecular weight excluding hydrogens is 375 g/mol. The summed E-state index contributed by atoms with van der Waals surface area (Å²) in [6.45, 7) is 3.05. The van der Waals surface area contributed by atoms with Crippen molar-refractivity contribution in [3.05, 3.63) is 59.8 Å². The van der Waals surface area contributed by atoms with E-state index in [-0.39, 0.29) is 11.4 Å². The minimum absolute atomic E-state index is 0.183. The minimum Gasteiger partial charge on any atom is -0.355 e. The first-order valence-corrected chi connectivity index (χ1v) is 11.2. The van der Waals surface area contributed by atoms with E-state index in [0.29, 0.717) is 0 Å². The Labute approximate surface area is 178 Å². The summed E-state index contributed by atoms with van der Waals surface area (Å²) in [7, 11) is 4.44. The van der Waals surface area contributed by atoms with Crippen LogP contribution in [0.2, 0.25) is 0 Å². The van der Waals surface area contributed by atoms with Crippen molar-refractivity contribution in [3.8, 4) is 0 Å². The summed E-state index contributed by atoms with van der Waals surface area (Å²) in [5, 5.41) is 5.33. The lowest BCUT2D eigenvalue weighted by Crippen LogP contribution is -2.45. The van der Waals surface area contributed by atoms with Crippen LogP contribution in [0.4, 0.5) is 4.39 Å². The first-order chi connectivity index (χ1) is 14.5. The number of benzene rings is 1. The van der Waals surface area contributed by atoms with Crippen molar-refractivity contribution in [2.45, 2.75) is 64.0 Å². The highest BCUT2D eigenvalue weighted by Crippen LogP contribution is 2.40. The third-order valence-corrected chi connectivity index (χ3v) is 6.87. The zero-order valence-corrected chi connectivity index (χ0v) is 18.4. The molecule has 0 bridgehead atoms. The average molecular weight is 409 g/mol. The van der Waals surface area contributed by atoms with Gasteiger partial charge >= 0.3 is 0 Å². The third kappa shape index (κ3) is 4.08. The Bertz CT molecular complexity index is 1020. The topological polar surface area (TPSA) is 36.9 Å². The first kappa shape index (κ1) is 20.9. The van der Waals surface area contributed by atoms with Crippen molar-refractivity contribution >= 4 is 16.5 Å². The molecule has 1 aromatic carbocycles. The molecular formula is C25H33FN4. The molecule has 0 spiro atoms. The molecule has 2 heterocycles. The molecule has 1 N–H and O–H groups in total. The first-order valence-electron chi connectivity index (χ1n) is 11.2. The molecule has 160 valence electrons. The van der Waals surface area contributed by atoms with Crippen LogP contribution in [0.25, 0.3) is 16.5 Å². The summed E-state index contributed by atoms with van der Waals surface area (Å²) < 4.78 is 16.0. The third-order valence-electron chi connectivity index (χ3n) is 6.87. The molecule has 0 saturated heterocycles. The van der Waals surface area contributed by atoms with Gasteiger partial charge in [0.05, 0.1) is 0 Å². The molecule has 4 rings (SSSR count). The van der Waals surface area contributed by atoms with E-state index in [2.05, 4.69) is 42.1 Å². The van der Waals surface area contributed by atoms with Crippen molar-refractivity contribution in [2.24, 2.45) is 0 Å². The zero-order valence-electron chi connectivity index (χ0n) is 18.4. The summed E-state index contributed by atoms with van der Waals surface area (Å²) in [4.78, 5) is 6.04. The second-order valence-electron chi connectivity index (χ2n) is 8.84. The number of aryl methyl sites for hydroxylation is 2. The summed E-state index contributed by atoms with van der Waals surface area (Å²) >= 11 is 0. The van der Waals surface area contributed by atoms with E-state index in [0.717, 1.165) is 43.1 Å². The molecule has 30 heavy (non-hydrogen) atoms. The number of allylic oxidation sites excluding steroid dienone is 1. The van der Waals surface area contributed by atoms with Gasteiger partial charge in [-0.15, -0.1) is 0 Å². The van der Waals surface area contributed by atoms with Crippen LogP contribution in [0.1, 0.15) is 56.7 Å². The summed E-state index contributed by atoms with van der Waals surface area (Å²) in [5.74, 6) is -0.183. The monoisotopic (exact) mass is 408 g/mol. The van der Waals surface area contributed by atoms with Crippen LogP contribution >= 0.6 is 0 Å². The van der Waals surface area contributed by atoms with Gasteiger partial charge in [0, 0.05) is 41.1 Å². The van der Waals surface area contributed by atoms with Gasteiger partial charge in [-0.3, -0.25) is 4.68 Å². The fourth-order valence-electron chi connectivity index (χ4n) is 4.89. The molecule has 1 aliphatic carbocycles. The lowest BCUT2D eigenvalue weighted by atomic mass is 9.77. The number of nitrogens with zero attached hydrogens (tertiary/aromatic N) is 3. The molecule has 2 aromatic heterocycles. The molecule has 0 radical (unpaired) electrons. The van der Waals surface area contributed by atoms with Crippen molar-refractivity contribution in [3.63, 3.8) is 0 Å². The second kappa shape index (κ2) is 8.76. The molecule has 1 unspecified atom stereocenters. The number of H-pyrrole nitrogens is 1. The molecule has 4 nitrogen and oxygen atoms in total. The van der Waals surface area contributed by atoms with Crippen LogP contribution < -0.4 is 0 Å². The van der Waals surface area contributed by atoms with Gasteiger partial charge in [-0.2, -0.15) is 5.10 Å². The SMILES string of the molecule is CCCCC1(N(C)C)CC=C(c2[nH]c3ccc(F)cc3c2CCn2cccn2)CC1. The number of rotatable bonds is 8. The molecule has 3 aromatic rings. The van der Waals surface area contributed by atoms with Crippen molar-refractivity contribution in [1.29, 1.82) is 0 Å². The van der Waals surface area contributed by atoms with Gasteiger partial charge in [-0.1, -0.05) is 25.8 Å². The number of halogens is 1. The van der Waals surface area contributed by atoms with Crippen LogP contribution in [0.5, 0.6) is 0 Å². The lowest BCUT2D eigenvalue weighted by Gasteiger charge is -2.42. The number of fused-ring (bicyclic) bond motifs is 1. The predicted molar refractivity (Wildman–Crippen MR) is 122 cm³/mol. The van der Waals surface area contributed by atoms with Crippen LogP contribution in [-0.2, 0) is 13.0 Å². The van der Waals surface area contributed by atoms with E-state index in [1.54, 1.807) is 12.3 Å². The molecule has 5 heteroatoms. The normalized spacial score (nSPS) is 19.6. The van der Waals surface area contributed by atoms with Gasteiger partial charge in [0.1, 0.15) is 5.82 Å². The molecule has 0 fully saturated rings. The smallest absolute Gasteiger partial charge is 0.123 e. The van der Waals surface area contributed by atoms with E-state index in [1.807, 2.05) is 23.0 Å². The number of aromatic nitrogens is 3. The van der Waals surface area contributed by atoms with Gasteiger partial charge in [0.15, 0.2) is 0 Å². The summed E-state index contributed by atoms with van der Waals surface area (Å²) in [5.41, 5.74) is 5.03. The van der Waals surface area contributed by atoms with Crippen LogP contribution in [0, 0.1) is 5.82 Å². The highest BCUT2D eigenvalue weighted by atomic mass is 19.1. The number of hydrogen-bond donors (Lipinski definition) is 1. The highest BCUT2D eigenvalue weighted by Gasteiger charge is 2.34. The maximum Gasteiger partial charge on any atom is 0.123 e. The number of unbranched alkanes of at least 4 members (excludes halogenated alkanes) is 1. The van der Waals surface area contributed by atoms with Crippen LogP contribution in [-0.4, -0.2) is 39.3 Å². The molecule has 0 saturated carbocycles. The maximum atomic E-state index is 14.0. The molecule has 0 aliphatic heterocycles. The zero-order chi connectivity index (χ0) is 21.1. The fraction of sp³-hybridized carbons (Fsp3) is 0.480. The number of hydrogen-bond acceptors (Lipinski definition) is 2. The second-order valence-corrected chi connectivity index (χ2v) is 8.84. The van der Waals surface area contributed by atoms with Crippen molar-refractivity contribution in [1.82, 2.24) is 19.7 Å². The minimum atomic E-state index is -0.183. The van der Waals surface area contributed by atoms with E-state index < -0.39 is 0 Å². The Balaban J connectivity index is 1.67. The summed E-state index contributed by atoms with van der Waals surface area (Å²) in [6, 6.07) is 7.01. The summed E-state index contributed by atoms with van der Waals surface area (Å²) in [6.07, 6.45) is 14.1. The van der Waals surface area contributed by atoms with Crippen molar-refractivity contribution in [2.75, 3.05) is 14.1 Å². The van der Waals surface area contributed by atoms with E-state index in [9.17, 15) is 4.39 Å². The predicted octanol–water partition coefficient (Wildman–Crippen LogP) is 5.80. The van der Waals surface area contributed by atoms with E-state index >= 15 is 0 Å². The fourth-order valence-corrected chi connectivity index (χ4v) is 4.89. The lowest BCUT2D eigenvalue weighted by molar-refractivity contribution is 0.124. The Hall–Kier alpha value is -2.40. The Morgan fingerprint density at radius 1 is 1.30 bits per heavy atom. The maximum absolute atomic E-state index is 14.0. The van der Waals surface area contributed by atoms with E-state index in [4.69, 9.17) is 0 Å². The van der Waals surface area contributed by atoms with Gasteiger partial charge in [-0.05, 0) is 81.6 Å². The van der Waals surface area contributed by atoms with Gasteiger partial charge < -0.3 is 9.88 Å². The Kier molecular flexibility index (Phi) is 6.09. The van der Waals surface area contributed by atoms with Gasteiger partial charge in [-0.25, -0.2) is 4.39 Å². The standard InChI is InChI=1S/C25H33FN4/c1-4-5-12-25(29(2)3)13-9-19(10-14-25)24-21(11-17-30-16-6-15-27-30)22-18-20(26)7-8-23(22)28-24/h6-9,15-16,18,28H,4-5,10-14,17H2,1-3H3. The van der Waals surface area contributed by atoms with Crippen LogP contribution in [0.15, 0.2) is 42.7 Å². The highest BCUT2D eigenvalue weighted by molar-refractivity contribution is 5.89. The average Bonchev–Trinajstić information content (AvgIpc) is 3.38. The Morgan fingerprint density at radius 2 is 2.17 bits per heavy atom. The van der Waals surface area contributed by atoms with Gasteiger partial charge in [0.2, 0.25) is 0 Å². The van der Waals surface area contributed by atoms with E-state index in [1.165, 1.54) is 42.2 Å². The Morgan fingerprint density at radius 3 is 2.83 bits per heavy atom. The van der Waals surface area contributed by atoms with Crippen molar-refractivity contribution < 1.29 is 4.39 Å². The number of aromatic amines is 1. The molecule has 1 aliphatic rings. The molecule has 1 atom stereocenters. The van der Waals surface area contributed by atoms with Gasteiger partial charge in [0.25, 0.3) is 0 Å².